The van der Waals surface area contributed by atoms with Crippen molar-refractivity contribution in [3.05, 3.63) is 131 Å². The summed E-state index contributed by atoms with van der Waals surface area (Å²) in [5.74, 6) is -0.773. The summed E-state index contributed by atoms with van der Waals surface area (Å²) in [6.07, 6.45) is 0.847. The third kappa shape index (κ3) is 8.14. The van der Waals surface area contributed by atoms with Gasteiger partial charge in [-0.2, -0.15) is 0 Å². The molecule has 2 amide bonds. The fourth-order valence-corrected chi connectivity index (χ4v) is 6.57. The van der Waals surface area contributed by atoms with Gasteiger partial charge in [0.05, 0.1) is 10.6 Å². The Morgan fingerprint density at radius 2 is 1.34 bits per heavy atom. The molecular weight excluding hydrogens is 570 g/mol. The molecular formula is C36H41N3O4S. The number of amides is 2. The number of anilines is 1. The van der Waals surface area contributed by atoms with E-state index in [0.717, 1.165) is 22.3 Å². The Morgan fingerprint density at radius 3 is 1.93 bits per heavy atom. The molecule has 0 fully saturated rings. The van der Waals surface area contributed by atoms with Crippen molar-refractivity contribution in [2.24, 2.45) is 0 Å². The average Bonchev–Trinajstić information content (AvgIpc) is 3.02. The summed E-state index contributed by atoms with van der Waals surface area (Å²) in [7, 11) is -4.14. The van der Waals surface area contributed by atoms with Gasteiger partial charge < -0.3 is 10.2 Å². The molecule has 1 N–H and O–H groups in total. The maximum absolute atomic E-state index is 14.5. The van der Waals surface area contributed by atoms with Crippen LogP contribution in [0.2, 0.25) is 0 Å². The van der Waals surface area contributed by atoms with E-state index in [1.165, 1.54) is 9.21 Å². The van der Waals surface area contributed by atoms with Crippen LogP contribution in [0.3, 0.4) is 0 Å². The summed E-state index contributed by atoms with van der Waals surface area (Å²) in [5, 5.41) is 2.98. The molecule has 0 bridgehead atoms. The van der Waals surface area contributed by atoms with Crippen LogP contribution in [-0.4, -0.2) is 43.8 Å². The maximum atomic E-state index is 14.5. The summed E-state index contributed by atoms with van der Waals surface area (Å²) < 4.78 is 29.7. The fourth-order valence-electron chi connectivity index (χ4n) is 5.12. The van der Waals surface area contributed by atoms with E-state index in [-0.39, 0.29) is 29.8 Å². The molecule has 0 heterocycles. The van der Waals surface area contributed by atoms with E-state index >= 15 is 0 Å². The Hall–Kier alpha value is -4.43. The van der Waals surface area contributed by atoms with E-state index in [1.54, 1.807) is 36.4 Å². The highest BCUT2D eigenvalue weighted by atomic mass is 32.2. The normalized spacial score (nSPS) is 12.0. The molecule has 7 nitrogen and oxygen atoms in total. The van der Waals surface area contributed by atoms with Crippen LogP contribution < -0.4 is 9.62 Å². The molecule has 0 radical (unpaired) electrons. The lowest BCUT2D eigenvalue weighted by molar-refractivity contribution is -0.140. The van der Waals surface area contributed by atoms with E-state index in [9.17, 15) is 18.0 Å². The number of carbonyl (C=O) groups is 2. The van der Waals surface area contributed by atoms with Gasteiger partial charge in [-0.15, -0.1) is 0 Å². The zero-order chi connectivity index (χ0) is 31.7. The standard InChI is InChI=1S/C36H41N3O4S/c1-5-31-18-12-13-19-33(31)39(44(42,43)32-22-20-28(4)21-23-32)26-35(40)38(25-30-16-10-7-11-17-30)34(36(41)37-27(2)3)24-29-14-8-6-9-15-29/h6-23,27,34H,5,24-26H2,1-4H3,(H,37,41). The Morgan fingerprint density at radius 1 is 0.773 bits per heavy atom. The van der Waals surface area contributed by atoms with Gasteiger partial charge in [0, 0.05) is 19.0 Å². The summed E-state index contributed by atoms with van der Waals surface area (Å²) >= 11 is 0. The number of nitrogens with one attached hydrogen (secondary N) is 1. The minimum Gasteiger partial charge on any atom is -0.352 e. The first-order valence-electron chi connectivity index (χ1n) is 14.9. The molecule has 4 aromatic rings. The molecule has 8 heteroatoms. The van der Waals surface area contributed by atoms with E-state index in [0.29, 0.717) is 12.1 Å². The third-order valence-corrected chi connectivity index (χ3v) is 9.20. The van der Waals surface area contributed by atoms with Crippen LogP contribution in [0, 0.1) is 6.92 Å². The first kappa shape index (κ1) is 32.5. The molecule has 1 unspecified atom stereocenters. The SMILES string of the molecule is CCc1ccccc1N(CC(=O)N(Cc1ccccc1)C(Cc1ccccc1)C(=O)NC(C)C)S(=O)(=O)c1ccc(C)cc1. The Balaban J connectivity index is 1.82. The smallest absolute Gasteiger partial charge is 0.264 e. The van der Waals surface area contributed by atoms with Crippen LogP contribution >= 0.6 is 0 Å². The fraction of sp³-hybridized carbons (Fsp3) is 0.278. The van der Waals surface area contributed by atoms with Crippen molar-refractivity contribution in [3.8, 4) is 0 Å². The molecule has 0 aliphatic rings. The van der Waals surface area contributed by atoms with Crippen LogP contribution in [0.15, 0.2) is 114 Å². The Bertz CT molecular complexity index is 1640. The lowest BCUT2D eigenvalue weighted by atomic mass is 10.0. The summed E-state index contributed by atoms with van der Waals surface area (Å²) in [6, 6.07) is 31.8. The topological polar surface area (TPSA) is 86.8 Å². The van der Waals surface area contributed by atoms with Crippen LogP contribution in [0.1, 0.15) is 43.0 Å². The molecule has 0 aliphatic carbocycles. The van der Waals surface area contributed by atoms with Gasteiger partial charge in [0.15, 0.2) is 0 Å². The second kappa shape index (κ2) is 14.8. The van der Waals surface area contributed by atoms with Crippen molar-refractivity contribution in [1.29, 1.82) is 0 Å². The minimum absolute atomic E-state index is 0.0924. The van der Waals surface area contributed by atoms with Crippen LogP contribution in [0.25, 0.3) is 0 Å². The Kier molecular flexibility index (Phi) is 11.0. The molecule has 1 atom stereocenters. The van der Waals surface area contributed by atoms with E-state index in [2.05, 4.69) is 5.32 Å². The number of sulfonamides is 1. The first-order chi connectivity index (χ1) is 21.1. The van der Waals surface area contributed by atoms with Crippen LogP contribution in [-0.2, 0) is 39.0 Å². The van der Waals surface area contributed by atoms with Gasteiger partial charge in [-0.1, -0.05) is 103 Å². The highest BCUT2D eigenvalue weighted by molar-refractivity contribution is 7.92. The van der Waals surface area contributed by atoms with Crippen molar-refractivity contribution in [2.45, 2.75) is 64.1 Å². The van der Waals surface area contributed by atoms with E-state index in [1.807, 2.05) is 100 Å². The molecule has 44 heavy (non-hydrogen) atoms. The van der Waals surface area contributed by atoms with Crippen molar-refractivity contribution >= 4 is 27.5 Å². The average molecular weight is 612 g/mol. The zero-order valence-corrected chi connectivity index (χ0v) is 26.6. The molecule has 0 aromatic heterocycles. The van der Waals surface area contributed by atoms with Gasteiger partial charge in [0.25, 0.3) is 10.0 Å². The highest BCUT2D eigenvalue weighted by Crippen LogP contribution is 2.28. The second-order valence-electron chi connectivity index (χ2n) is 11.2. The van der Waals surface area contributed by atoms with Gasteiger partial charge >= 0.3 is 0 Å². The van der Waals surface area contributed by atoms with Gasteiger partial charge in [0.1, 0.15) is 12.6 Å². The number of para-hydroxylation sites is 1. The predicted molar refractivity (Wildman–Crippen MR) is 176 cm³/mol. The molecule has 0 saturated heterocycles. The largest absolute Gasteiger partial charge is 0.352 e. The quantitative estimate of drug-likeness (QED) is 0.204. The lowest BCUT2D eigenvalue weighted by Crippen LogP contribution is -2.54. The number of hydrogen-bond donors (Lipinski definition) is 1. The van der Waals surface area contributed by atoms with Gasteiger partial charge in [0.2, 0.25) is 11.8 Å². The first-order valence-corrected chi connectivity index (χ1v) is 16.4. The van der Waals surface area contributed by atoms with Gasteiger partial charge in [-0.05, 0) is 62.1 Å². The molecule has 0 saturated carbocycles. The summed E-state index contributed by atoms with van der Waals surface area (Å²) in [5.41, 5.74) is 3.88. The van der Waals surface area contributed by atoms with Gasteiger partial charge in [-0.3, -0.25) is 13.9 Å². The van der Waals surface area contributed by atoms with Crippen molar-refractivity contribution < 1.29 is 18.0 Å². The van der Waals surface area contributed by atoms with Crippen molar-refractivity contribution in [3.63, 3.8) is 0 Å². The van der Waals surface area contributed by atoms with E-state index < -0.39 is 28.5 Å². The van der Waals surface area contributed by atoms with Crippen molar-refractivity contribution in [1.82, 2.24) is 10.2 Å². The van der Waals surface area contributed by atoms with Crippen molar-refractivity contribution in [2.75, 3.05) is 10.8 Å². The van der Waals surface area contributed by atoms with Gasteiger partial charge in [-0.25, -0.2) is 8.42 Å². The summed E-state index contributed by atoms with van der Waals surface area (Å²) in [6.45, 7) is 7.25. The summed E-state index contributed by atoms with van der Waals surface area (Å²) in [4.78, 5) is 29.9. The lowest BCUT2D eigenvalue weighted by Gasteiger charge is -2.34. The predicted octanol–water partition coefficient (Wildman–Crippen LogP) is 5.92. The minimum atomic E-state index is -4.14. The monoisotopic (exact) mass is 611 g/mol. The number of rotatable bonds is 13. The number of aryl methyl sites for hydroxylation is 2. The number of carbonyl (C=O) groups excluding carboxylic acids is 2. The maximum Gasteiger partial charge on any atom is 0.264 e. The number of benzene rings is 4. The molecule has 4 aromatic carbocycles. The number of nitrogens with zero attached hydrogens (tertiary/aromatic N) is 2. The third-order valence-electron chi connectivity index (χ3n) is 7.43. The number of hydrogen-bond acceptors (Lipinski definition) is 4. The Labute approximate surface area is 261 Å². The van der Waals surface area contributed by atoms with Crippen LogP contribution in [0.4, 0.5) is 5.69 Å². The highest BCUT2D eigenvalue weighted by Gasteiger charge is 2.35. The van der Waals surface area contributed by atoms with Crippen LogP contribution in [0.5, 0.6) is 0 Å². The second-order valence-corrected chi connectivity index (χ2v) is 13.0. The molecule has 0 spiro atoms. The molecule has 4 rings (SSSR count). The van der Waals surface area contributed by atoms with E-state index in [4.69, 9.17) is 0 Å². The molecule has 0 aliphatic heterocycles. The molecule has 230 valence electrons. The zero-order valence-electron chi connectivity index (χ0n) is 25.8.